The van der Waals surface area contributed by atoms with Crippen LogP contribution < -0.4 is 37.9 Å². The van der Waals surface area contributed by atoms with Crippen molar-refractivity contribution in [3.05, 3.63) is 165 Å². The maximum Gasteiger partial charge on any atom is 0.195 e. The van der Waals surface area contributed by atoms with Gasteiger partial charge in [0.2, 0.25) is 0 Å². The molecule has 4 atom stereocenters. The van der Waals surface area contributed by atoms with Crippen LogP contribution in [-0.2, 0) is 0 Å². The van der Waals surface area contributed by atoms with Crippen LogP contribution in [0.25, 0.3) is 44.1 Å². The van der Waals surface area contributed by atoms with Crippen molar-refractivity contribution in [1.29, 1.82) is 0 Å². The fraction of sp³-hybridized carbons (Fsp3) is 0.500. The lowest BCUT2D eigenvalue weighted by Gasteiger charge is -2.30. The number of nitrogens with one attached hydrogen (secondary N) is 4. The summed E-state index contributed by atoms with van der Waals surface area (Å²) >= 11 is 0. The summed E-state index contributed by atoms with van der Waals surface area (Å²) < 4.78 is 63.1. The van der Waals surface area contributed by atoms with Crippen LogP contribution in [0.4, 0.5) is 0 Å². The first-order valence-corrected chi connectivity index (χ1v) is 47.1. The molecule has 4 N–H and O–H groups in total. The highest BCUT2D eigenvalue weighted by Gasteiger charge is 2.40. The van der Waals surface area contributed by atoms with Gasteiger partial charge in [0, 0.05) is 92.4 Å². The van der Waals surface area contributed by atoms with Crippen LogP contribution in [0.3, 0.4) is 0 Å². The number of fused-ring (bicyclic) bond motifs is 12. The summed E-state index contributed by atoms with van der Waals surface area (Å²) in [6.45, 7) is 17.3. The van der Waals surface area contributed by atoms with E-state index in [0.717, 1.165) is 215 Å². The summed E-state index contributed by atoms with van der Waals surface area (Å²) in [6.07, 6.45) is 46.3. The summed E-state index contributed by atoms with van der Waals surface area (Å²) in [5, 5.41) is 0. The van der Waals surface area contributed by atoms with Crippen molar-refractivity contribution in [2.24, 2.45) is 0 Å². The molecule has 0 saturated heterocycles. The van der Waals surface area contributed by atoms with Crippen LogP contribution >= 0.6 is 0 Å². The molecule has 0 saturated carbocycles. The summed E-state index contributed by atoms with van der Waals surface area (Å²) in [5.74, 6) is 11.8. The van der Waals surface area contributed by atoms with Gasteiger partial charge >= 0.3 is 0 Å². The first-order valence-electron chi connectivity index (χ1n) is 47.1. The average Bonchev–Trinajstić information content (AvgIpc) is 1.57. The van der Waals surface area contributed by atoms with Crippen molar-refractivity contribution >= 4 is 44.1 Å². The van der Waals surface area contributed by atoms with Gasteiger partial charge in [-0.3, -0.25) is 0 Å². The molecule has 8 heterocycles. The molecule has 16 heteroatoms. The summed E-state index contributed by atoms with van der Waals surface area (Å²) in [6, 6.07) is 35.4. The van der Waals surface area contributed by atoms with Gasteiger partial charge in [0.15, 0.2) is 46.0 Å². The predicted octanol–water partition coefficient (Wildman–Crippen LogP) is 32.5. The Kier molecular flexibility index (Phi) is 26.4. The fourth-order valence-electron chi connectivity index (χ4n) is 20.1. The van der Waals surface area contributed by atoms with Gasteiger partial charge in [-0.2, -0.15) is 0 Å². The number of aryl methyl sites for hydroxylation is 4. The van der Waals surface area contributed by atoms with Crippen LogP contribution in [0.5, 0.6) is 92.0 Å². The van der Waals surface area contributed by atoms with Gasteiger partial charge in [0.25, 0.3) is 0 Å². The Morgan fingerprint density at radius 2 is 0.383 bits per heavy atom. The van der Waals surface area contributed by atoms with Gasteiger partial charge in [-0.05, 0) is 126 Å². The molecule has 12 aromatic rings. The first-order chi connectivity index (χ1) is 59.0. The standard InChI is InChI=1S/C104H128N8O8/c1-9-13-17-21-25-29-33-37-41-45-69-73-57-74-70(46-42-38-34-30-26-22-18-14-10-2)79-60-80-72(48-44-40-36-32-28-24-20-16-12-4)76-59-78-71(47-43-39-35-31-27-23-19-15-11-3)75-58-77(69)93-62-91(75)115-87-55-51-82-98(110-66(6)106-82)102(87)118-94(78)63-92(76)116-88-56-52-84-100(112-68(8)108-84)104(88)120-96(80)64-95(79)119-103-86(54-50-83-99(103)111-67(7)107-83)114-90(74)61-89(73)113-85-53-49-81-97(101(85)117-93)109-65(5)105-81/h49-64,69-72H,9-48H2,1-8H3,(H,105,109)(H,106,110)(H,107,111)(H,108,112). The van der Waals surface area contributed by atoms with Crippen LogP contribution in [0.15, 0.2) is 97.1 Å². The van der Waals surface area contributed by atoms with Gasteiger partial charge in [0.1, 0.15) is 91.4 Å². The first kappa shape index (κ1) is 82.4. The lowest BCUT2D eigenvalue weighted by molar-refractivity contribution is 0.403. The van der Waals surface area contributed by atoms with Gasteiger partial charge in [-0.1, -0.05) is 259 Å². The Balaban J connectivity index is 0.973. The second kappa shape index (κ2) is 38.4. The number of aromatic amines is 4. The molecule has 17 rings (SSSR count). The Morgan fingerprint density at radius 3 is 0.575 bits per heavy atom. The number of rotatable bonds is 40. The Labute approximate surface area is 710 Å². The largest absolute Gasteiger partial charge is 0.453 e. The molecule has 4 aliphatic heterocycles. The molecule has 632 valence electrons. The van der Waals surface area contributed by atoms with Crippen molar-refractivity contribution in [2.75, 3.05) is 0 Å². The van der Waals surface area contributed by atoms with Crippen LogP contribution in [0.2, 0.25) is 0 Å². The van der Waals surface area contributed by atoms with Crippen molar-refractivity contribution in [1.82, 2.24) is 39.9 Å². The maximum atomic E-state index is 7.94. The molecule has 0 amide bonds. The Bertz CT molecular complexity index is 5550. The zero-order valence-electron chi connectivity index (χ0n) is 72.9. The number of benzene rings is 8. The van der Waals surface area contributed by atoms with E-state index in [4.69, 9.17) is 57.8 Å². The summed E-state index contributed by atoms with van der Waals surface area (Å²) in [5.41, 5.74) is 14.6. The molecular weight excluding hydrogens is 1490 g/mol. The zero-order chi connectivity index (χ0) is 82.0. The summed E-state index contributed by atoms with van der Waals surface area (Å²) in [4.78, 5) is 35.0. The van der Waals surface area contributed by atoms with Crippen LogP contribution in [0, 0.1) is 27.7 Å². The molecular formula is C104H128N8O8. The normalized spacial score (nSPS) is 15.9. The van der Waals surface area contributed by atoms with E-state index in [9.17, 15) is 0 Å². The third-order valence-corrected chi connectivity index (χ3v) is 26.5. The number of aromatic nitrogens is 8. The highest BCUT2D eigenvalue weighted by atomic mass is 16.5. The van der Waals surface area contributed by atoms with Crippen molar-refractivity contribution < 1.29 is 37.9 Å². The monoisotopic (exact) mass is 1620 g/mol. The minimum Gasteiger partial charge on any atom is -0.453 e. The minimum atomic E-state index is -0.290. The third-order valence-electron chi connectivity index (χ3n) is 26.5. The predicted molar refractivity (Wildman–Crippen MR) is 484 cm³/mol. The molecule has 5 aliphatic rings. The molecule has 8 bridgehead atoms. The molecule has 4 aromatic heterocycles. The quantitative estimate of drug-likeness (QED) is 0.0267. The minimum absolute atomic E-state index is 0.279. The molecule has 120 heavy (non-hydrogen) atoms. The van der Waals surface area contributed by atoms with E-state index in [1.165, 1.54) is 154 Å². The Morgan fingerprint density at radius 1 is 0.208 bits per heavy atom. The smallest absolute Gasteiger partial charge is 0.195 e. The van der Waals surface area contributed by atoms with E-state index >= 15 is 0 Å². The molecule has 16 nitrogen and oxygen atoms in total. The highest BCUT2D eigenvalue weighted by Crippen LogP contribution is 2.61. The highest BCUT2D eigenvalue weighted by molar-refractivity contribution is 5.90. The zero-order valence-corrected chi connectivity index (χ0v) is 72.9. The van der Waals surface area contributed by atoms with Crippen molar-refractivity contribution in [3.8, 4) is 92.0 Å². The second-order valence-electron chi connectivity index (χ2n) is 35.6. The van der Waals surface area contributed by atoms with Gasteiger partial charge in [0.05, 0.1) is 22.1 Å². The molecule has 0 radical (unpaired) electrons. The van der Waals surface area contributed by atoms with Crippen molar-refractivity contribution in [3.63, 3.8) is 0 Å². The average molecular weight is 1620 g/mol. The SMILES string of the molecule is CCCCCCCCCCCC1c2cc3c4cc2Oc2ccc5nc(C)[nH]c5c2Oc2cc5c(cc21)C(CCCCCCCCCCC)c1cc2c(cc1Oc1c(ccc6nc(C)[nH]c16)O5)Oc1ccc5nc(C)[nH]c5c1Oc1cc(c(cc1C2CCCCCCCCCCC)C3CCCCCCCCCCC)Oc1c(ccc2nc(C)[nH]c12)O4. The lowest BCUT2D eigenvalue weighted by Crippen LogP contribution is -2.13. The van der Waals surface area contributed by atoms with E-state index in [1.54, 1.807) is 0 Å². The van der Waals surface area contributed by atoms with E-state index in [2.05, 4.69) is 96.2 Å². The van der Waals surface area contributed by atoms with Gasteiger partial charge in [-0.15, -0.1) is 0 Å². The van der Waals surface area contributed by atoms with E-state index in [-0.39, 0.29) is 23.7 Å². The molecule has 4 unspecified atom stereocenters. The van der Waals surface area contributed by atoms with E-state index in [1.807, 2.05) is 76.2 Å². The molecule has 8 aromatic carbocycles. The maximum absolute atomic E-state index is 7.94. The van der Waals surface area contributed by atoms with Crippen LogP contribution in [-0.4, -0.2) is 39.9 Å². The van der Waals surface area contributed by atoms with Crippen molar-refractivity contribution in [2.45, 2.75) is 336 Å². The van der Waals surface area contributed by atoms with Gasteiger partial charge in [-0.25, -0.2) is 19.9 Å². The Hall–Kier alpha value is -9.96. The van der Waals surface area contributed by atoms with E-state index in [0.29, 0.717) is 92.0 Å². The number of ether oxygens (including phenoxy) is 8. The number of imidazole rings is 4. The number of unbranched alkanes of at least 4 members (excludes halogenated alkanes) is 32. The molecule has 0 fully saturated rings. The second-order valence-corrected chi connectivity index (χ2v) is 35.6. The number of nitrogens with zero attached hydrogens (tertiary/aromatic N) is 4. The van der Waals surface area contributed by atoms with Crippen LogP contribution in [0.1, 0.15) is 376 Å². The number of hydrogen-bond donors (Lipinski definition) is 4. The van der Waals surface area contributed by atoms with Gasteiger partial charge < -0.3 is 57.8 Å². The lowest BCUT2D eigenvalue weighted by atomic mass is 9.76. The number of H-pyrrole nitrogens is 4. The fourth-order valence-corrected chi connectivity index (χ4v) is 20.1. The van der Waals surface area contributed by atoms with E-state index < -0.39 is 0 Å². The number of hydrogen-bond acceptors (Lipinski definition) is 12. The third kappa shape index (κ3) is 18.0. The topological polar surface area (TPSA) is 189 Å². The molecule has 1 aliphatic carbocycles. The summed E-state index contributed by atoms with van der Waals surface area (Å²) in [7, 11) is 0. The molecule has 0 spiro atoms.